The van der Waals surface area contributed by atoms with Crippen LogP contribution in [0.4, 0.5) is 0 Å². The molecule has 0 fully saturated rings. The smallest absolute Gasteiger partial charge is 0.335 e. The number of H-pyrrole nitrogens is 1. The third-order valence-electron chi connectivity index (χ3n) is 2.52. The summed E-state index contributed by atoms with van der Waals surface area (Å²) in [5, 5.41) is 9.82. The highest BCUT2D eigenvalue weighted by Crippen LogP contribution is 2.19. The molecule has 16 heavy (non-hydrogen) atoms. The van der Waals surface area contributed by atoms with Crippen LogP contribution in [-0.4, -0.2) is 22.2 Å². The second-order valence-corrected chi connectivity index (χ2v) is 3.53. The minimum absolute atomic E-state index is 0.246. The number of rotatable bonds is 4. The third-order valence-corrected chi connectivity index (χ3v) is 2.52. The number of nitrogens with two attached hydrogens (primary N) is 1. The molecule has 84 valence electrons. The van der Waals surface area contributed by atoms with Crippen LogP contribution in [0.3, 0.4) is 0 Å². The number of aliphatic carboxylic acids is 1. The van der Waals surface area contributed by atoms with E-state index in [4.69, 9.17) is 11.0 Å². The Morgan fingerprint density at radius 1 is 1.50 bits per heavy atom. The summed E-state index contributed by atoms with van der Waals surface area (Å²) in [7, 11) is 0. The van der Waals surface area contributed by atoms with Gasteiger partial charge in [0.05, 0.1) is 0 Å². The summed E-state index contributed by atoms with van der Waals surface area (Å²) >= 11 is 0. The summed E-state index contributed by atoms with van der Waals surface area (Å²) in [5.74, 6) is 3.88. The Kier molecular flexibility index (Phi) is 2.89. The van der Waals surface area contributed by atoms with E-state index in [0.717, 1.165) is 16.5 Å². The second kappa shape index (κ2) is 4.34. The lowest BCUT2D eigenvalue weighted by Crippen LogP contribution is -2.29. The van der Waals surface area contributed by atoms with Crippen LogP contribution in [0.25, 0.3) is 10.9 Å². The van der Waals surface area contributed by atoms with E-state index in [0.29, 0.717) is 0 Å². The Balaban J connectivity index is 2.30. The van der Waals surface area contributed by atoms with E-state index in [1.807, 2.05) is 24.3 Å². The molecule has 1 atom stereocenters. The zero-order chi connectivity index (χ0) is 11.5. The molecule has 1 unspecified atom stereocenters. The molecule has 2 rings (SSSR count). The van der Waals surface area contributed by atoms with E-state index < -0.39 is 12.1 Å². The van der Waals surface area contributed by atoms with Crippen molar-refractivity contribution in [1.29, 1.82) is 0 Å². The maximum Gasteiger partial charge on any atom is 0.335 e. The van der Waals surface area contributed by atoms with Crippen LogP contribution in [0.5, 0.6) is 0 Å². The molecule has 0 aliphatic heterocycles. The van der Waals surface area contributed by atoms with E-state index in [2.05, 4.69) is 9.82 Å². The average molecular weight is 220 g/mol. The van der Waals surface area contributed by atoms with Crippen molar-refractivity contribution in [2.75, 3.05) is 0 Å². The molecule has 1 aromatic heterocycles. The van der Waals surface area contributed by atoms with Crippen LogP contribution in [-0.2, 0) is 16.1 Å². The summed E-state index contributed by atoms with van der Waals surface area (Å²) in [6.45, 7) is 0. The third kappa shape index (κ3) is 1.91. The molecule has 0 spiro atoms. The van der Waals surface area contributed by atoms with Gasteiger partial charge in [-0.15, -0.1) is 0 Å². The number of fused-ring (bicyclic) bond motifs is 1. The van der Waals surface area contributed by atoms with Gasteiger partial charge in [0.1, 0.15) is 0 Å². The predicted octanol–water partition coefficient (Wildman–Crippen LogP) is 1.05. The normalized spacial score (nSPS) is 12.8. The first-order valence-electron chi connectivity index (χ1n) is 4.85. The van der Waals surface area contributed by atoms with Gasteiger partial charge in [-0.1, -0.05) is 18.2 Å². The first kappa shape index (κ1) is 10.7. The van der Waals surface area contributed by atoms with E-state index in [1.165, 1.54) is 0 Å². The Morgan fingerprint density at radius 2 is 2.25 bits per heavy atom. The molecular formula is C11H12N2O3. The van der Waals surface area contributed by atoms with Crippen molar-refractivity contribution in [1.82, 2.24) is 4.98 Å². The van der Waals surface area contributed by atoms with Crippen LogP contribution in [0.2, 0.25) is 0 Å². The maximum atomic E-state index is 10.8. The van der Waals surface area contributed by atoms with Crippen molar-refractivity contribution in [2.24, 2.45) is 5.90 Å². The highest BCUT2D eigenvalue weighted by Gasteiger charge is 2.19. The maximum absolute atomic E-state index is 10.8. The summed E-state index contributed by atoms with van der Waals surface area (Å²) in [6.07, 6.45) is 1.01. The number of carboxylic acids is 1. The SMILES string of the molecule is NOC(Cc1c[nH]c2ccccc12)C(=O)O. The fourth-order valence-electron chi connectivity index (χ4n) is 1.69. The van der Waals surface area contributed by atoms with Gasteiger partial charge in [0.2, 0.25) is 0 Å². The summed E-state index contributed by atoms with van der Waals surface area (Å²) in [4.78, 5) is 18.3. The van der Waals surface area contributed by atoms with Crippen molar-refractivity contribution < 1.29 is 14.7 Å². The van der Waals surface area contributed by atoms with Gasteiger partial charge in [0.15, 0.2) is 6.10 Å². The molecule has 0 radical (unpaired) electrons. The quantitative estimate of drug-likeness (QED) is 0.672. The molecule has 0 aliphatic rings. The molecular weight excluding hydrogens is 208 g/mol. The van der Waals surface area contributed by atoms with Crippen LogP contribution in [0.1, 0.15) is 5.56 Å². The van der Waals surface area contributed by atoms with Crippen molar-refractivity contribution in [3.05, 3.63) is 36.0 Å². The molecule has 4 N–H and O–H groups in total. The Hall–Kier alpha value is -1.85. The number of para-hydroxylation sites is 1. The van der Waals surface area contributed by atoms with Gasteiger partial charge in [-0.25, -0.2) is 10.7 Å². The Labute approximate surface area is 91.8 Å². The molecule has 0 bridgehead atoms. The predicted molar refractivity (Wildman–Crippen MR) is 58.7 cm³/mol. The highest BCUT2D eigenvalue weighted by atomic mass is 16.6. The van der Waals surface area contributed by atoms with Crippen LogP contribution < -0.4 is 5.90 Å². The lowest BCUT2D eigenvalue weighted by Gasteiger charge is -2.08. The molecule has 5 nitrogen and oxygen atoms in total. The molecule has 5 heteroatoms. The largest absolute Gasteiger partial charge is 0.479 e. The van der Waals surface area contributed by atoms with Gasteiger partial charge in [0.25, 0.3) is 0 Å². The fraction of sp³-hybridized carbons (Fsp3) is 0.182. The van der Waals surface area contributed by atoms with Gasteiger partial charge in [0, 0.05) is 23.5 Å². The molecule has 0 saturated carbocycles. The fourth-order valence-corrected chi connectivity index (χ4v) is 1.69. The molecule has 1 aromatic carbocycles. The van der Waals surface area contributed by atoms with Crippen molar-refractivity contribution >= 4 is 16.9 Å². The minimum Gasteiger partial charge on any atom is -0.479 e. The average Bonchev–Trinajstić information content (AvgIpc) is 2.69. The van der Waals surface area contributed by atoms with E-state index in [-0.39, 0.29) is 6.42 Å². The number of aromatic nitrogens is 1. The van der Waals surface area contributed by atoms with E-state index >= 15 is 0 Å². The van der Waals surface area contributed by atoms with Gasteiger partial charge in [-0.05, 0) is 11.6 Å². The lowest BCUT2D eigenvalue weighted by atomic mass is 10.1. The first-order valence-corrected chi connectivity index (χ1v) is 4.85. The van der Waals surface area contributed by atoms with Crippen LogP contribution >= 0.6 is 0 Å². The summed E-state index contributed by atoms with van der Waals surface area (Å²) in [5.41, 5.74) is 1.85. The zero-order valence-electron chi connectivity index (χ0n) is 8.51. The molecule has 0 aliphatic carbocycles. The van der Waals surface area contributed by atoms with E-state index in [9.17, 15) is 4.79 Å². The zero-order valence-corrected chi connectivity index (χ0v) is 8.51. The van der Waals surface area contributed by atoms with Crippen LogP contribution in [0, 0.1) is 0 Å². The Bertz CT molecular complexity index is 507. The van der Waals surface area contributed by atoms with Crippen LogP contribution in [0.15, 0.2) is 30.5 Å². The monoisotopic (exact) mass is 220 g/mol. The van der Waals surface area contributed by atoms with E-state index in [1.54, 1.807) is 6.20 Å². The van der Waals surface area contributed by atoms with Gasteiger partial charge < -0.3 is 10.1 Å². The number of hydrogen-bond donors (Lipinski definition) is 3. The highest BCUT2D eigenvalue weighted by molar-refractivity contribution is 5.84. The first-order chi connectivity index (χ1) is 7.72. The molecule has 0 amide bonds. The number of benzene rings is 1. The number of carbonyl (C=O) groups is 1. The minimum atomic E-state index is -1.06. The van der Waals surface area contributed by atoms with Gasteiger partial charge in [-0.2, -0.15) is 0 Å². The Morgan fingerprint density at radius 3 is 2.94 bits per heavy atom. The summed E-state index contributed by atoms with van der Waals surface area (Å²) < 4.78 is 0. The van der Waals surface area contributed by atoms with Gasteiger partial charge in [-0.3, -0.25) is 4.84 Å². The topological polar surface area (TPSA) is 88.3 Å². The lowest BCUT2D eigenvalue weighted by molar-refractivity contribution is -0.150. The van der Waals surface area contributed by atoms with Crippen molar-refractivity contribution in [2.45, 2.75) is 12.5 Å². The summed E-state index contributed by atoms with van der Waals surface area (Å²) in [6, 6.07) is 7.67. The van der Waals surface area contributed by atoms with Crippen molar-refractivity contribution in [3.8, 4) is 0 Å². The van der Waals surface area contributed by atoms with Crippen molar-refractivity contribution in [3.63, 3.8) is 0 Å². The second-order valence-electron chi connectivity index (χ2n) is 3.53. The molecule has 0 saturated heterocycles. The van der Waals surface area contributed by atoms with Gasteiger partial charge >= 0.3 is 5.97 Å². The number of nitrogens with one attached hydrogen (secondary N) is 1. The number of aromatic amines is 1. The number of hydrogen-bond acceptors (Lipinski definition) is 3. The number of carboxylic acid groups (broad SMARTS) is 1. The molecule has 1 heterocycles. The standard InChI is InChI=1S/C11H12N2O3/c12-16-10(11(14)15)5-7-6-13-9-4-2-1-3-8(7)9/h1-4,6,10,13H,5,12H2,(H,14,15). The molecule has 2 aromatic rings.